The van der Waals surface area contributed by atoms with Crippen molar-refractivity contribution in [2.75, 3.05) is 6.54 Å². The van der Waals surface area contributed by atoms with Crippen molar-refractivity contribution >= 4 is 34.0 Å². The van der Waals surface area contributed by atoms with Gasteiger partial charge in [0.05, 0.1) is 10.6 Å². The van der Waals surface area contributed by atoms with Crippen molar-refractivity contribution in [3.63, 3.8) is 0 Å². The van der Waals surface area contributed by atoms with Crippen molar-refractivity contribution < 1.29 is 21.6 Å². The molecule has 1 saturated carbocycles. The molecular weight excluding hydrogens is 364 g/mol. The third-order valence-corrected chi connectivity index (χ3v) is 5.23. The fourth-order valence-corrected chi connectivity index (χ4v) is 3.81. The maximum atomic E-state index is 12.9. The second kappa shape index (κ2) is 6.92. The number of alkyl halides is 3. The summed E-state index contributed by atoms with van der Waals surface area (Å²) in [6, 6.07) is 2.43. The fraction of sp³-hybridized carbons (Fsp3) is 0.500. The van der Waals surface area contributed by atoms with E-state index in [1.807, 2.05) is 0 Å². The third-order valence-electron chi connectivity index (χ3n) is 3.28. The van der Waals surface area contributed by atoms with E-state index in [0.29, 0.717) is 6.07 Å². The summed E-state index contributed by atoms with van der Waals surface area (Å²) in [5, 5.41) is -0.475. The van der Waals surface area contributed by atoms with E-state index >= 15 is 0 Å². The maximum absolute atomic E-state index is 12.9. The smallest absolute Gasteiger partial charge is 0.326 e. The summed E-state index contributed by atoms with van der Waals surface area (Å²) >= 11 is 5.66. The number of nitrogens with one attached hydrogen (secondary N) is 1. The highest BCUT2D eigenvalue weighted by Gasteiger charge is 2.39. The minimum Gasteiger partial charge on any atom is -0.326 e. The van der Waals surface area contributed by atoms with Crippen molar-refractivity contribution in [1.82, 2.24) is 4.72 Å². The van der Waals surface area contributed by atoms with Crippen LogP contribution in [-0.2, 0) is 16.2 Å². The Morgan fingerprint density at radius 1 is 1.36 bits per heavy atom. The molecule has 0 bridgehead atoms. The van der Waals surface area contributed by atoms with Gasteiger partial charge in [-0.3, -0.25) is 0 Å². The largest absolute Gasteiger partial charge is 0.417 e. The SMILES string of the molecule is Cl.NC(CNS(=O)(=O)c1c(Cl)cccc1C(F)(F)F)C1CC1. The molecule has 10 heteroatoms. The molecule has 22 heavy (non-hydrogen) atoms. The van der Waals surface area contributed by atoms with Crippen molar-refractivity contribution in [1.29, 1.82) is 0 Å². The first-order valence-corrected chi connectivity index (χ1v) is 8.10. The van der Waals surface area contributed by atoms with Crippen LogP contribution < -0.4 is 10.5 Å². The van der Waals surface area contributed by atoms with Gasteiger partial charge in [-0.15, -0.1) is 12.4 Å². The summed E-state index contributed by atoms with van der Waals surface area (Å²) in [7, 11) is -4.39. The molecule has 0 heterocycles. The molecule has 0 aromatic heterocycles. The monoisotopic (exact) mass is 378 g/mol. The topological polar surface area (TPSA) is 72.2 Å². The van der Waals surface area contributed by atoms with Gasteiger partial charge in [-0.2, -0.15) is 13.2 Å². The van der Waals surface area contributed by atoms with Crippen LogP contribution in [0.15, 0.2) is 23.1 Å². The van der Waals surface area contributed by atoms with Crippen LogP contribution in [0.25, 0.3) is 0 Å². The van der Waals surface area contributed by atoms with Crippen LogP contribution in [0.1, 0.15) is 18.4 Å². The standard InChI is InChI=1S/C12H14ClF3N2O2S.ClH/c13-9-3-1-2-8(12(14,15)16)11(9)21(19,20)18-6-10(17)7-4-5-7;/h1-3,7,10,18H,4-6,17H2;1H. The van der Waals surface area contributed by atoms with Gasteiger partial charge in [0.15, 0.2) is 0 Å². The second-order valence-electron chi connectivity index (χ2n) is 4.97. The van der Waals surface area contributed by atoms with E-state index in [9.17, 15) is 21.6 Å². The Kier molecular flexibility index (Phi) is 6.14. The van der Waals surface area contributed by atoms with E-state index in [4.69, 9.17) is 17.3 Å². The van der Waals surface area contributed by atoms with Gasteiger partial charge >= 0.3 is 6.18 Å². The molecule has 3 N–H and O–H groups in total. The molecule has 1 aromatic carbocycles. The zero-order valence-electron chi connectivity index (χ0n) is 11.2. The molecule has 1 aliphatic rings. The molecule has 0 spiro atoms. The first kappa shape index (κ1) is 19.5. The molecule has 2 rings (SSSR count). The lowest BCUT2D eigenvalue weighted by atomic mass is 10.2. The quantitative estimate of drug-likeness (QED) is 0.827. The van der Waals surface area contributed by atoms with E-state index in [-0.39, 0.29) is 24.9 Å². The highest BCUT2D eigenvalue weighted by atomic mass is 35.5. The number of nitrogens with two attached hydrogens (primary N) is 1. The van der Waals surface area contributed by atoms with Crippen LogP contribution in [0.4, 0.5) is 13.2 Å². The second-order valence-corrected chi connectivity index (χ2v) is 7.08. The van der Waals surface area contributed by atoms with E-state index in [0.717, 1.165) is 25.0 Å². The normalized spacial score (nSPS) is 17.0. The predicted molar refractivity (Wildman–Crippen MR) is 79.6 cm³/mol. The molecule has 4 nitrogen and oxygen atoms in total. The van der Waals surface area contributed by atoms with Crippen LogP contribution in [0.2, 0.25) is 5.02 Å². The minimum absolute atomic E-state index is 0. The van der Waals surface area contributed by atoms with Gasteiger partial charge in [0.2, 0.25) is 10.0 Å². The lowest BCUT2D eigenvalue weighted by Crippen LogP contribution is -2.39. The zero-order valence-corrected chi connectivity index (χ0v) is 13.6. The lowest BCUT2D eigenvalue weighted by Gasteiger charge is -2.17. The van der Waals surface area contributed by atoms with Gasteiger partial charge in [0, 0.05) is 12.6 Å². The van der Waals surface area contributed by atoms with E-state index in [2.05, 4.69) is 4.72 Å². The highest BCUT2D eigenvalue weighted by Crippen LogP contribution is 2.37. The highest BCUT2D eigenvalue weighted by molar-refractivity contribution is 7.89. The maximum Gasteiger partial charge on any atom is 0.417 e. The molecule has 1 atom stereocenters. The summed E-state index contributed by atoms with van der Waals surface area (Å²) in [6.45, 7) is -0.116. The zero-order chi connectivity index (χ0) is 15.8. The van der Waals surface area contributed by atoms with Crippen LogP contribution in [0, 0.1) is 5.92 Å². The summed E-state index contributed by atoms with van der Waals surface area (Å²) < 4.78 is 65.1. The Hall–Kier alpha value is -0.540. The van der Waals surface area contributed by atoms with Gasteiger partial charge in [-0.05, 0) is 30.9 Å². The average molecular weight is 379 g/mol. The first-order chi connectivity index (χ1) is 9.63. The number of hydrogen-bond donors (Lipinski definition) is 2. The molecule has 1 unspecified atom stereocenters. The first-order valence-electron chi connectivity index (χ1n) is 6.24. The van der Waals surface area contributed by atoms with Gasteiger partial charge in [0.1, 0.15) is 4.90 Å². The van der Waals surface area contributed by atoms with Gasteiger partial charge in [-0.25, -0.2) is 13.1 Å². The number of hydrogen-bond acceptors (Lipinski definition) is 3. The van der Waals surface area contributed by atoms with Crippen LogP contribution in [0.5, 0.6) is 0 Å². The number of benzene rings is 1. The molecule has 126 valence electrons. The number of halogens is 5. The minimum atomic E-state index is -4.81. The van der Waals surface area contributed by atoms with Gasteiger partial charge < -0.3 is 5.73 Å². The number of rotatable bonds is 5. The Morgan fingerprint density at radius 2 is 1.95 bits per heavy atom. The number of sulfonamides is 1. The molecule has 1 aliphatic carbocycles. The predicted octanol–water partition coefficient (Wildman–Crippen LogP) is 2.80. The van der Waals surface area contributed by atoms with E-state index in [1.54, 1.807) is 0 Å². The van der Waals surface area contributed by atoms with Crippen LogP contribution in [-0.4, -0.2) is 21.0 Å². The van der Waals surface area contributed by atoms with Crippen LogP contribution >= 0.6 is 24.0 Å². The molecule has 0 aliphatic heterocycles. The van der Waals surface area contributed by atoms with Crippen LogP contribution in [0.3, 0.4) is 0 Å². The molecule has 1 fully saturated rings. The Morgan fingerprint density at radius 3 is 2.45 bits per heavy atom. The average Bonchev–Trinajstić information content (AvgIpc) is 3.18. The molecular formula is C12H15Cl2F3N2O2S. The summed E-state index contributed by atoms with van der Waals surface area (Å²) in [5.41, 5.74) is 4.45. The molecule has 0 radical (unpaired) electrons. The van der Waals surface area contributed by atoms with Gasteiger partial charge in [-0.1, -0.05) is 17.7 Å². The Bertz CT molecular complexity index is 634. The van der Waals surface area contributed by atoms with Crippen molar-refractivity contribution in [3.8, 4) is 0 Å². The molecule has 0 amide bonds. The van der Waals surface area contributed by atoms with Gasteiger partial charge in [0.25, 0.3) is 0 Å². The summed E-state index contributed by atoms with van der Waals surface area (Å²) in [6.07, 6.45) is -3.00. The lowest BCUT2D eigenvalue weighted by molar-refractivity contribution is -0.139. The van der Waals surface area contributed by atoms with E-state index in [1.165, 1.54) is 0 Å². The van der Waals surface area contributed by atoms with Crippen molar-refractivity contribution in [2.24, 2.45) is 11.7 Å². The molecule has 1 aromatic rings. The summed E-state index contributed by atoms with van der Waals surface area (Å²) in [5.74, 6) is 0.223. The Balaban J connectivity index is 0.00000242. The van der Waals surface area contributed by atoms with Crippen molar-refractivity contribution in [2.45, 2.75) is 30.0 Å². The third kappa shape index (κ3) is 4.48. The summed E-state index contributed by atoms with van der Waals surface area (Å²) in [4.78, 5) is -0.956. The van der Waals surface area contributed by atoms with E-state index < -0.39 is 37.7 Å². The van der Waals surface area contributed by atoms with Crippen molar-refractivity contribution in [3.05, 3.63) is 28.8 Å². The Labute approximate surface area is 137 Å². The molecule has 0 saturated heterocycles. The fourth-order valence-electron chi connectivity index (χ4n) is 1.97.